The Morgan fingerprint density at radius 1 is 0.938 bits per heavy atom. The second kappa shape index (κ2) is 11.1. The second-order valence-electron chi connectivity index (χ2n) is 7.63. The van der Waals surface area contributed by atoms with Crippen molar-refractivity contribution in [1.82, 2.24) is 19.4 Å². The van der Waals surface area contributed by atoms with E-state index in [2.05, 4.69) is 24.1 Å². The molecule has 0 spiro atoms. The largest absolute Gasteiger partial charge is 0.355 e. The third-order valence-electron chi connectivity index (χ3n) is 5.56. The van der Waals surface area contributed by atoms with Crippen LogP contribution >= 0.6 is 11.6 Å². The van der Waals surface area contributed by atoms with Gasteiger partial charge in [-0.15, -0.1) is 0 Å². The van der Waals surface area contributed by atoms with Gasteiger partial charge in [0, 0.05) is 11.6 Å². The first kappa shape index (κ1) is 23.8. The molecule has 1 N–H and O–H groups in total. The summed E-state index contributed by atoms with van der Waals surface area (Å²) in [6, 6.07) is 14.3. The van der Waals surface area contributed by atoms with Gasteiger partial charge in [0.15, 0.2) is 0 Å². The molecule has 0 saturated carbocycles. The van der Waals surface area contributed by atoms with Crippen LogP contribution in [-0.2, 0) is 17.9 Å². The molecule has 0 aliphatic carbocycles. The standard InChI is InChI=1S/C24H29ClN4O3/c1-3-27(4-2)15-7-14-26-22(30)17-29-21-9-6-5-8-20(21)28(23(31)24(29)32)16-18-10-12-19(25)13-11-18/h5-6,8-13H,3-4,7,14-17H2,1-2H3,(H,26,30). The fourth-order valence-electron chi connectivity index (χ4n) is 3.73. The minimum atomic E-state index is -0.712. The van der Waals surface area contributed by atoms with Gasteiger partial charge in [-0.1, -0.05) is 49.7 Å². The molecular formula is C24H29ClN4O3. The van der Waals surface area contributed by atoms with E-state index >= 15 is 0 Å². The van der Waals surface area contributed by atoms with Crippen molar-refractivity contribution in [3.63, 3.8) is 0 Å². The maximum atomic E-state index is 12.9. The number of carbonyl (C=O) groups excluding carboxylic acids is 1. The maximum absolute atomic E-state index is 12.9. The summed E-state index contributed by atoms with van der Waals surface area (Å²) in [6.07, 6.45) is 0.825. The molecule has 1 amide bonds. The van der Waals surface area contributed by atoms with Gasteiger partial charge in [0.25, 0.3) is 0 Å². The summed E-state index contributed by atoms with van der Waals surface area (Å²) in [5.41, 5.74) is 0.624. The quantitative estimate of drug-likeness (QED) is 0.376. The summed E-state index contributed by atoms with van der Waals surface area (Å²) < 4.78 is 2.70. The van der Waals surface area contributed by atoms with Crippen LogP contribution in [-0.4, -0.2) is 46.1 Å². The molecule has 8 heteroatoms. The zero-order valence-corrected chi connectivity index (χ0v) is 19.3. The minimum absolute atomic E-state index is 0.193. The average Bonchev–Trinajstić information content (AvgIpc) is 2.81. The van der Waals surface area contributed by atoms with Crippen LogP contribution in [0.15, 0.2) is 58.1 Å². The van der Waals surface area contributed by atoms with E-state index in [1.807, 2.05) is 18.2 Å². The topological polar surface area (TPSA) is 76.3 Å². The predicted molar refractivity (Wildman–Crippen MR) is 128 cm³/mol. The van der Waals surface area contributed by atoms with E-state index in [1.165, 1.54) is 9.13 Å². The number of halogens is 1. The zero-order valence-electron chi connectivity index (χ0n) is 18.5. The Hall–Kier alpha value is -2.90. The van der Waals surface area contributed by atoms with Crippen molar-refractivity contribution in [2.24, 2.45) is 0 Å². The number of aromatic nitrogens is 2. The van der Waals surface area contributed by atoms with Crippen LogP contribution in [0.5, 0.6) is 0 Å². The Bertz CT molecular complexity index is 1180. The molecule has 0 fully saturated rings. The van der Waals surface area contributed by atoms with Gasteiger partial charge >= 0.3 is 11.1 Å². The summed E-state index contributed by atoms with van der Waals surface area (Å²) in [5.74, 6) is -0.286. The van der Waals surface area contributed by atoms with Gasteiger partial charge in [0.05, 0.1) is 17.6 Å². The van der Waals surface area contributed by atoms with Gasteiger partial charge in [-0.05, 0) is 55.9 Å². The molecule has 1 aromatic heterocycles. The summed E-state index contributed by atoms with van der Waals surface area (Å²) >= 11 is 5.95. The Balaban J connectivity index is 1.82. The molecule has 1 heterocycles. The zero-order chi connectivity index (χ0) is 23.1. The Morgan fingerprint density at radius 2 is 1.53 bits per heavy atom. The number of nitrogens with zero attached hydrogens (tertiary/aromatic N) is 3. The van der Waals surface area contributed by atoms with Crippen LogP contribution in [0.3, 0.4) is 0 Å². The van der Waals surface area contributed by atoms with Crippen LogP contribution in [0.4, 0.5) is 0 Å². The number of amides is 1. The van der Waals surface area contributed by atoms with Gasteiger partial charge in [-0.2, -0.15) is 0 Å². The average molecular weight is 457 g/mol. The molecule has 0 aliphatic rings. The van der Waals surface area contributed by atoms with Gasteiger partial charge < -0.3 is 10.2 Å². The second-order valence-corrected chi connectivity index (χ2v) is 8.06. The first-order valence-electron chi connectivity index (χ1n) is 10.9. The number of rotatable bonds is 10. The molecule has 2 aromatic carbocycles. The summed E-state index contributed by atoms with van der Waals surface area (Å²) in [6.45, 7) is 7.62. The van der Waals surface area contributed by atoms with E-state index in [4.69, 9.17) is 11.6 Å². The lowest BCUT2D eigenvalue weighted by Crippen LogP contribution is -2.44. The van der Waals surface area contributed by atoms with Crippen molar-refractivity contribution in [3.05, 3.63) is 79.8 Å². The first-order chi connectivity index (χ1) is 15.4. The van der Waals surface area contributed by atoms with E-state index in [-0.39, 0.29) is 19.0 Å². The molecule has 0 saturated heterocycles. The first-order valence-corrected chi connectivity index (χ1v) is 11.3. The third-order valence-corrected chi connectivity index (χ3v) is 5.81. The molecule has 32 heavy (non-hydrogen) atoms. The molecule has 0 radical (unpaired) electrons. The molecule has 0 atom stereocenters. The molecule has 7 nitrogen and oxygen atoms in total. The van der Waals surface area contributed by atoms with E-state index < -0.39 is 11.1 Å². The monoisotopic (exact) mass is 456 g/mol. The molecule has 3 rings (SSSR count). The number of benzene rings is 2. The van der Waals surface area contributed by atoms with Crippen LogP contribution in [0.25, 0.3) is 11.0 Å². The van der Waals surface area contributed by atoms with Crippen LogP contribution in [0.2, 0.25) is 5.02 Å². The summed E-state index contributed by atoms with van der Waals surface area (Å²) in [7, 11) is 0. The molecule has 0 aliphatic heterocycles. The molecular weight excluding hydrogens is 428 g/mol. The molecule has 0 unspecified atom stereocenters. The fraction of sp³-hybridized carbons (Fsp3) is 0.375. The highest BCUT2D eigenvalue weighted by atomic mass is 35.5. The smallest absolute Gasteiger partial charge is 0.317 e. The number of para-hydroxylation sites is 2. The predicted octanol–water partition coefficient (Wildman–Crippen LogP) is 2.71. The number of nitrogens with one attached hydrogen (secondary N) is 1. The highest BCUT2D eigenvalue weighted by molar-refractivity contribution is 6.30. The van der Waals surface area contributed by atoms with Crippen LogP contribution in [0, 0.1) is 0 Å². The van der Waals surface area contributed by atoms with Crippen molar-refractivity contribution in [3.8, 4) is 0 Å². The van der Waals surface area contributed by atoms with E-state index in [9.17, 15) is 14.4 Å². The molecule has 170 valence electrons. The fourth-order valence-corrected chi connectivity index (χ4v) is 3.85. The number of fused-ring (bicyclic) bond motifs is 1. The summed E-state index contributed by atoms with van der Waals surface area (Å²) in [5, 5.41) is 3.46. The van der Waals surface area contributed by atoms with Crippen molar-refractivity contribution in [1.29, 1.82) is 0 Å². The lowest BCUT2D eigenvalue weighted by Gasteiger charge is -2.18. The van der Waals surface area contributed by atoms with Gasteiger partial charge in [-0.25, -0.2) is 0 Å². The Labute approximate surface area is 192 Å². The Morgan fingerprint density at radius 3 is 2.16 bits per heavy atom. The van der Waals surface area contributed by atoms with Crippen molar-refractivity contribution >= 4 is 28.5 Å². The number of carbonyl (C=O) groups is 1. The summed E-state index contributed by atoms with van der Waals surface area (Å²) in [4.78, 5) is 40.6. The Kier molecular flexibility index (Phi) is 8.25. The lowest BCUT2D eigenvalue weighted by molar-refractivity contribution is -0.121. The minimum Gasteiger partial charge on any atom is -0.355 e. The highest BCUT2D eigenvalue weighted by Crippen LogP contribution is 2.14. The van der Waals surface area contributed by atoms with E-state index in [0.717, 1.165) is 31.6 Å². The van der Waals surface area contributed by atoms with Crippen LogP contribution in [0.1, 0.15) is 25.8 Å². The van der Waals surface area contributed by atoms with E-state index in [0.29, 0.717) is 22.6 Å². The van der Waals surface area contributed by atoms with Crippen molar-refractivity contribution in [2.45, 2.75) is 33.4 Å². The van der Waals surface area contributed by atoms with E-state index in [1.54, 1.807) is 30.3 Å². The SMILES string of the molecule is CCN(CC)CCCNC(=O)Cn1c(=O)c(=O)n(Cc2ccc(Cl)cc2)c2ccccc21. The third kappa shape index (κ3) is 5.66. The van der Waals surface area contributed by atoms with Gasteiger partial charge in [-0.3, -0.25) is 23.5 Å². The number of hydrogen-bond acceptors (Lipinski definition) is 4. The highest BCUT2D eigenvalue weighted by Gasteiger charge is 2.15. The molecule has 0 bridgehead atoms. The molecule has 3 aromatic rings. The maximum Gasteiger partial charge on any atom is 0.317 e. The van der Waals surface area contributed by atoms with Gasteiger partial charge in [0.1, 0.15) is 6.54 Å². The van der Waals surface area contributed by atoms with Crippen molar-refractivity contribution in [2.75, 3.05) is 26.2 Å². The normalized spacial score (nSPS) is 11.2. The van der Waals surface area contributed by atoms with Gasteiger partial charge in [0.2, 0.25) is 5.91 Å². The number of hydrogen-bond donors (Lipinski definition) is 1. The van der Waals surface area contributed by atoms with Crippen LogP contribution < -0.4 is 16.4 Å². The lowest BCUT2D eigenvalue weighted by atomic mass is 10.2. The van der Waals surface area contributed by atoms with Crippen molar-refractivity contribution < 1.29 is 4.79 Å².